The average Bonchev–Trinajstić information content (AvgIpc) is 3.21. The van der Waals surface area contributed by atoms with Crippen molar-refractivity contribution >= 4 is 12.1 Å². The van der Waals surface area contributed by atoms with Crippen LogP contribution < -0.4 is 10.2 Å². The third-order valence-electron chi connectivity index (χ3n) is 3.64. The minimum Gasteiger partial charge on any atom is -0.486 e. The third kappa shape index (κ3) is 4.38. The van der Waals surface area contributed by atoms with Gasteiger partial charge in [0.15, 0.2) is 5.76 Å². The van der Waals surface area contributed by atoms with E-state index in [1.807, 2.05) is 0 Å². The summed E-state index contributed by atoms with van der Waals surface area (Å²) in [6, 6.07) is 8.57. The van der Waals surface area contributed by atoms with E-state index in [9.17, 15) is 13.6 Å². The van der Waals surface area contributed by atoms with Crippen LogP contribution in [0.2, 0.25) is 0 Å². The van der Waals surface area contributed by atoms with Crippen LogP contribution in [0.5, 0.6) is 5.75 Å². The van der Waals surface area contributed by atoms with Crippen molar-refractivity contribution in [2.45, 2.75) is 13.5 Å². The lowest BCUT2D eigenvalue weighted by molar-refractivity contribution is 0.0923. The first kappa shape index (κ1) is 18.3. The molecular formula is C18H16F2N4O3. The second-order valence-corrected chi connectivity index (χ2v) is 5.62. The fraction of sp³-hybridized carbons (Fsp3) is 0.167. The van der Waals surface area contributed by atoms with Crippen LogP contribution in [0.15, 0.2) is 45.9 Å². The minimum absolute atomic E-state index is 0.0215. The lowest BCUT2D eigenvalue weighted by Gasteiger charge is -2.03. The number of nitrogens with zero attached hydrogens (tertiary/aromatic N) is 3. The zero-order valence-electron chi connectivity index (χ0n) is 14.6. The zero-order chi connectivity index (χ0) is 19.4. The van der Waals surface area contributed by atoms with E-state index < -0.39 is 11.9 Å². The van der Waals surface area contributed by atoms with Gasteiger partial charge in [-0.25, -0.2) is 14.5 Å². The topological polar surface area (TPSA) is 81.7 Å². The van der Waals surface area contributed by atoms with Crippen LogP contribution in [0.3, 0.4) is 0 Å². The number of rotatable bonds is 6. The van der Waals surface area contributed by atoms with E-state index in [0.29, 0.717) is 17.2 Å². The van der Waals surface area contributed by atoms with Crippen molar-refractivity contribution in [1.29, 1.82) is 0 Å². The molecular weight excluding hydrogens is 358 g/mol. The number of aryl methyl sites for hydroxylation is 2. The predicted molar refractivity (Wildman–Crippen MR) is 92.4 cm³/mol. The Bertz CT molecular complexity index is 977. The van der Waals surface area contributed by atoms with Gasteiger partial charge >= 0.3 is 5.91 Å². The number of halogens is 2. The number of hydrogen-bond donors (Lipinski definition) is 1. The summed E-state index contributed by atoms with van der Waals surface area (Å²) in [6.45, 7) is 1.70. The van der Waals surface area contributed by atoms with Gasteiger partial charge in [0, 0.05) is 7.05 Å². The van der Waals surface area contributed by atoms with Crippen LogP contribution in [0.25, 0.3) is 0 Å². The first-order chi connectivity index (χ1) is 12.9. The minimum atomic E-state index is -0.596. The average molecular weight is 374 g/mol. The number of benzene rings is 1. The Balaban J connectivity index is 1.56. The summed E-state index contributed by atoms with van der Waals surface area (Å²) < 4.78 is 38.5. The first-order valence-corrected chi connectivity index (χ1v) is 7.93. The summed E-state index contributed by atoms with van der Waals surface area (Å²) in [5, 5.41) is 7.62. The van der Waals surface area contributed by atoms with Crippen LogP contribution >= 0.6 is 0 Å². The molecule has 27 heavy (non-hydrogen) atoms. The van der Waals surface area contributed by atoms with Gasteiger partial charge in [-0.1, -0.05) is 0 Å². The third-order valence-corrected chi connectivity index (χ3v) is 3.64. The molecule has 1 amide bonds. The summed E-state index contributed by atoms with van der Waals surface area (Å²) in [4.78, 5) is 12.0. The van der Waals surface area contributed by atoms with Crippen molar-refractivity contribution in [3.8, 4) is 5.75 Å². The summed E-state index contributed by atoms with van der Waals surface area (Å²) in [5.74, 6) is -0.612. The fourth-order valence-electron chi connectivity index (χ4n) is 2.27. The molecule has 0 atom stereocenters. The summed E-state index contributed by atoms with van der Waals surface area (Å²) >= 11 is 0. The van der Waals surface area contributed by atoms with Gasteiger partial charge in [-0.05, 0) is 43.3 Å². The smallest absolute Gasteiger partial charge is 0.307 e. The second kappa shape index (κ2) is 7.81. The number of carbonyl (C=O) groups excluding carboxylic acids is 1. The molecule has 9 heteroatoms. The Hall–Kier alpha value is -3.49. The van der Waals surface area contributed by atoms with E-state index in [-0.39, 0.29) is 23.7 Å². The van der Waals surface area contributed by atoms with E-state index in [0.717, 1.165) is 4.68 Å². The van der Waals surface area contributed by atoms with Gasteiger partial charge in [0.05, 0.1) is 17.5 Å². The summed E-state index contributed by atoms with van der Waals surface area (Å²) in [6.07, 6.45) is 1.18. The maximum atomic E-state index is 13.8. The van der Waals surface area contributed by atoms with Crippen LogP contribution in [0.1, 0.15) is 27.6 Å². The Morgan fingerprint density at radius 3 is 2.70 bits per heavy atom. The van der Waals surface area contributed by atoms with Crippen molar-refractivity contribution in [2.75, 3.05) is 0 Å². The monoisotopic (exact) mass is 374 g/mol. The van der Waals surface area contributed by atoms with E-state index in [1.54, 1.807) is 13.0 Å². The SMILES string of the molecule is Cc1nn(C)c(F)c1/C=N\NC(=O)c1ccc(COc2ccc(F)cc2)o1. The number of aromatic nitrogens is 2. The van der Waals surface area contributed by atoms with Crippen molar-refractivity contribution in [3.63, 3.8) is 0 Å². The number of carbonyl (C=O) groups is 1. The molecule has 0 radical (unpaired) electrons. The zero-order valence-corrected chi connectivity index (χ0v) is 14.6. The number of ether oxygens (including phenoxy) is 1. The molecule has 2 aromatic heterocycles. The van der Waals surface area contributed by atoms with Gasteiger partial charge in [0.2, 0.25) is 5.95 Å². The van der Waals surface area contributed by atoms with Gasteiger partial charge in [0.25, 0.3) is 0 Å². The Labute approximate surface area is 153 Å². The highest BCUT2D eigenvalue weighted by Gasteiger charge is 2.13. The number of hydrogen-bond acceptors (Lipinski definition) is 5. The maximum Gasteiger partial charge on any atom is 0.307 e. The standard InChI is InChI=1S/C18H16F2N4O3/c1-11-15(17(20)24(2)23-11)9-21-22-18(25)16-8-7-14(27-16)10-26-13-5-3-12(19)4-6-13/h3-9H,10H2,1-2H3,(H,22,25)/b21-9-. The second-order valence-electron chi connectivity index (χ2n) is 5.62. The highest BCUT2D eigenvalue weighted by molar-refractivity contribution is 5.92. The molecule has 1 N–H and O–H groups in total. The van der Waals surface area contributed by atoms with Gasteiger partial charge in [-0.15, -0.1) is 0 Å². The van der Waals surface area contributed by atoms with Crippen molar-refractivity contribution in [3.05, 3.63) is 70.9 Å². The summed E-state index contributed by atoms with van der Waals surface area (Å²) in [7, 11) is 1.47. The molecule has 0 aliphatic carbocycles. The van der Waals surface area contributed by atoms with E-state index in [4.69, 9.17) is 9.15 Å². The number of hydrazone groups is 1. The molecule has 0 saturated carbocycles. The first-order valence-electron chi connectivity index (χ1n) is 7.93. The van der Waals surface area contributed by atoms with Crippen molar-refractivity contribution in [2.24, 2.45) is 12.1 Å². The van der Waals surface area contributed by atoms with Crippen LogP contribution in [0, 0.1) is 18.7 Å². The molecule has 0 saturated heterocycles. The molecule has 2 heterocycles. The molecule has 0 fully saturated rings. The molecule has 140 valence electrons. The predicted octanol–water partition coefficient (Wildman–Crippen LogP) is 2.94. The van der Waals surface area contributed by atoms with E-state index >= 15 is 0 Å². The lowest BCUT2D eigenvalue weighted by Crippen LogP contribution is -2.17. The molecule has 0 spiro atoms. The number of furan rings is 1. The van der Waals surface area contributed by atoms with Crippen molar-refractivity contribution < 1.29 is 22.7 Å². The largest absolute Gasteiger partial charge is 0.486 e. The quantitative estimate of drug-likeness (QED) is 0.531. The normalized spacial score (nSPS) is 11.1. The molecule has 3 rings (SSSR count). The number of nitrogens with one attached hydrogen (secondary N) is 1. The molecule has 7 nitrogen and oxygen atoms in total. The van der Waals surface area contributed by atoms with E-state index in [2.05, 4.69) is 15.6 Å². The molecule has 0 unspecified atom stereocenters. The van der Waals surface area contributed by atoms with Gasteiger partial charge in [-0.2, -0.15) is 14.6 Å². The van der Waals surface area contributed by atoms with Crippen LogP contribution in [-0.2, 0) is 13.7 Å². The van der Waals surface area contributed by atoms with E-state index in [1.165, 1.54) is 43.6 Å². The molecule has 0 bridgehead atoms. The van der Waals surface area contributed by atoms with Crippen LogP contribution in [0.4, 0.5) is 8.78 Å². The lowest BCUT2D eigenvalue weighted by atomic mass is 10.3. The number of amides is 1. The van der Waals surface area contributed by atoms with Crippen molar-refractivity contribution in [1.82, 2.24) is 15.2 Å². The highest BCUT2D eigenvalue weighted by Crippen LogP contribution is 2.15. The molecule has 1 aromatic carbocycles. The van der Waals surface area contributed by atoms with Gasteiger partial charge in [0.1, 0.15) is 23.9 Å². The van der Waals surface area contributed by atoms with Gasteiger partial charge < -0.3 is 9.15 Å². The highest BCUT2D eigenvalue weighted by atomic mass is 19.1. The fourth-order valence-corrected chi connectivity index (χ4v) is 2.27. The summed E-state index contributed by atoms with van der Waals surface area (Å²) in [5.41, 5.74) is 2.89. The maximum absolute atomic E-state index is 13.8. The van der Waals surface area contributed by atoms with Gasteiger partial charge in [-0.3, -0.25) is 4.79 Å². The molecule has 0 aliphatic rings. The van der Waals surface area contributed by atoms with Crippen LogP contribution in [-0.4, -0.2) is 21.9 Å². The Kier molecular flexibility index (Phi) is 5.30. The molecule has 3 aromatic rings. The molecule has 0 aliphatic heterocycles. The Morgan fingerprint density at radius 2 is 2.04 bits per heavy atom. The Morgan fingerprint density at radius 1 is 1.30 bits per heavy atom.